The minimum Gasteiger partial charge on any atom is -0.444 e. The summed E-state index contributed by atoms with van der Waals surface area (Å²) in [6, 6.07) is 0.0357. The van der Waals surface area contributed by atoms with Crippen LogP contribution in [0, 0.1) is 0 Å². The highest BCUT2D eigenvalue weighted by Crippen LogP contribution is 2.18. The zero-order chi connectivity index (χ0) is 13.9. The molecule has 2 amide bonds. The van der Waals surface area contributed by atoms with Gasteiger partial charge in [0.05, 0.1) is 12.6 Å². The second-order valence-electron chi connectivity index (χ2n) is 5.58. The molecule has 1 fully saturated rings. The standard InChI is InChI=1S/C12H23N3O3/c1-12(2,3)18-11(17)15-6-5-9(8-15)14(4)10(16)7-13/h9H,5-8,13H2,1-4H3/t9-/m1/s1. The molecular formula is C12H23N3O3. The fourth-order valence-corrected chi connectivity index (χ4v) is 1.90. The average Bonchev–Trinajstić information content (AvgIpc) is 2.73. The SMILES string of the molecule is CN(C(=O)CN)[C@@H]1CCN(C(=O)OC(C)(C)C)C1. The van der Waals surface area contributed by atoms with Crippen molar-refractivity contribution in [1.82, 2.24) is 9.80 Å². The molecule has 0 radical (unpaired) electrons. The lowest BCUT2D eigenvalue weighted by atomic mass is 10.2. The molecule has 1 atom stereocenters. The summed E-state index contributed by atoms with van der Waals surface area (Å²) in [6.45, 7) is 6.63. The molecule has 0 aliphatic carbocycles. The Bertz CT molecular complexity index is 325. The molecule has 6 nitrogen and oxygen atoms in total. The molecule has 104 valence electrons. The Morgan fingerprint density at radius 3 is 2.56 bits per heavy atom. The predicted molar refractivity (Wildman–Crippen MR) is 68.0 cm³/mol. The van der Waals surface area contributed by atoms with Crippen LogP contribution >= 0.6 is 0 Å². The van der Waals surface area contributed by atoms with Crippen LogP contribution in [0.1, 0.15) is 27.2 Å². The summed E-state index contributed by atoms with van der Waals surface area (Å²) >= 11 is 0. The third-order valence-electron chi connectivity index (χ3n) is 2.93. The first-order valence-corrected chi connectivity index (χ1v) is 6.18. The molecule has 2 N–H and O–H groups in total. The topological polar surface area (TPSA) is 75.9 Å². The minimum atomic E-state index is -0.492. The number of nitrogens with two attached hydrogens (primary N) is 1. The maximum absolute atomic E-state index is 11.8. The summed E-state index contributed by atoms with van der Waals surface area (Å²) in [7, 11) is 1.72. The molecule has 1 heterocycles. The normalized spacial score (nSPS) is 19.8. The molecule has 0 bridgehead atoms. The number of ether oxygens (including phenoxy) is 1. The lowest BCUT2D eigenvalue weighted by Crippen LogP contribution is -2.43. The van der Waals surface area contributed by atoms with Gasteiger partial charge < -0.3 is 20.3 Å². The van der Waals surface area contributed by atoms with Crippen LogP contribution in [0.2, 0.25) is 0 Å². The molecule has 1 rings (SSSR count). The van der Waals surface area contributed by atoms with Crippen LogP contribution in [0.4, 0.5) is 4.79 Å². The van der Waals surface area contributed by atoms with Crippen LogP contribution in [0.25, 0.3) is 0 Å². The minimum absolute atomic E-state index is 0.000558. The van der Waals surface area contributed by atoms with E-state index in [9.17, 15) is 9.59 Å². The maximum Gasteiger partial charge on any atom is 0.410 e. The van der Waals surface area contributed by atoms with Crippen LogP contribution in [-0.2, 0) is 9.53 Å². The van der Waals surface area contributed by atoms with E-state index in [1.54, 1.807) is 16.8 Å². The van der Waals surface area contributed by atoms with Gasteiger partial charge in [0.1, 0.15) is 5.60 Å². The molecule has 6 heteroatoms. The highest BCUT2D eigenvalue weighted by Gasteiger charge is 2.32. The van der Waals surface area contributed by atoms with Crippen molar-refractivity contribution in [3.8, 4) is 0 Å². The van der Waals surface area contributed by atoms with Gasteiger partial charge in [-0.05, 0) is 27.2 Å². The van der Waals surface area contributed by atoms with Crippen molar-refractivity contribution in [2.24, 2.45) is 5.73 Å². The van der Waals surface area contributed by atoms with Gasteiger partial charge in [-0.15, -0.1) is 0 Å². The van der Waals surface area contributed by atoms with Crippen molar-refractivity contribution in [2.75, 3.05) is 26.7 Å². The fraction of sp³-hybridized carbons (Fsp3) is 0.833. The van der Waals surface area contributed by atoms with Crippen LogP contribution in [-0.4, -0.2) is 60.1 Å². The predicted octanol–water partition coefficient (Wildman–Crippen LogP) is 0.413. The number of likely N-dealkylation sites (N-methyl/N-ethyl adjacent to an activating group) is 1. The Morgan fingerprint density at radius 1 is 1.44 bits per heavy atom. The first kappa shape index (κ1) is 14.8. The van der Waals surface area contributed by atoms with Gasteiger partial charge in [0.15, 0.2) is 0 Å². The van der Waals surface area contributed by atoms with Gasteiger partial charge in [-0.2, -0.15) is 0 Å². The zero-order valence-corrected chi connectivity index (χ0v) is 11.6. The number of rotatable bonds is 2. The fourth-order valence-electron chi connectivity index (χ4n) is 1.90. The van der Waals surface area contributed by atoms with Gasteiger partial charge >= 0.3 is 6.09 Å². The summed E-state index contributed by atoms with van der Waals surface area (Å²) in [5, 5.41) is 0. The van der Waals surface area contributed by atoms with Gasteiger partial charge in [-0.25, -0.2) is 4.79 Å². The maximum atomic E-state index is 11.8. The third kappa shape index (κ3) is 3.87. The highest BCUT2D eigenvalue weighted by atomic mass is 16.6. The third-order valence-corrected chi connectivity index (χ3v) is 2.93. The van der Waals surface area contributed by atoms with Crippen molar-refractivity contribution in [3.05, 3.63) is 0 Å². The molecular weight excluding hydrogens is 234 g/mol. The summed E-state index contributed by atoms with van der Waals surface area (Å²) < 4.78 is 5.30. The molecule has 1 aliphatic rings. The Hall–Kier alpha value is -1.30. The number of hydrogen-bond donors (Lipinski definition) is 1. The summed E-state index contributed by atoms with van der Waals surface area (Å²) in [6.07, 6.45) is 0.445. The monoisotopic (exact) mass is 257 g/mol. The summed E-state index contributed by atoms with van der Waals surface area (Å²) in [4.78, 5) is 26.6. The molecule has 0 aromatic carbocycles. The first-order valence-electron chi connectivity index (χ1n) is 6.18. The number of amides is 2. The average molecular weight is 257 g/mol. The highest BCUT2D eigenvalue weighted by molar-refractivity contribution is 5.78. The van der Waals surface area contributed by atoms with Gasteiger partial charge in [-0.3, -0.25) is 4.79 Å². The molecule has 1 saturated heterocycles. The number of carbonyl (C=O) groups excluding carboxylic acids is 2. The Morgan fingerprint density at radius 2 is 2.06 bits per heavy atom. The van der Waals surface area contributed by atoms with Crippen molar-refractivity contribution in [3.63, 3.8) is 0 Å². The van der Waals surface area contributed by atoms with E-state index in [2.05, 4.69) is 0 Å². The number of likely N-dealkylation sites (tertiary alicyclic amines) is 1. The van der Waals surface area contributed by atoms with Crippen LogP contribution in [0.15, 0.2) is 0 Å². The van der Waals surface area contributed by atoms with E-state index >= 15 is 0 Å². The molecule has 0 aromatic heterocycles. The smallest absolute Gasteiger partial charge is 0.410 e. The Labute approximate surface area is 108 Å². The van der Waals surface area contributed by atoms with Crippen LogP contribution < -0.4 is 5.73 Å². The number of hydrogen-bond acceptors (Lipinski definition) is 4. The molecule has 1 aliphatic heterocycles. The van der Waals surface area contributed by atoms with Gasteiger partial charge in [0.25, 0.3) is 0 Å². The summed E-state index contributed by atoms with van der Waals surface area (Å²) in [5.41, 5.74) is 4.83. The van der Waals surface area contributed by atoms with Crippen LogP contribution in [0.5, 0.6) is 0 Å². The molecule has 0 spiro atoms. The van der Waals surface area contributed by atoms with E-state index in [-0.39, 0.29) is 24.6 Å². The van der Waals surface area contributed by atoms with E-state index < -0.39 is 5.60 Å². The van der Waals surface area contributed by atoms with E-state index in [4.69, 9.17) is 10.5 Å². The lowest BCUT2D eigenvalue weighted by molar-refractivity contribution is -0.130. The number of carbonyl (C=O) groups is 2. The van der Waals surface area contributed by atoms with Crippen molar-refractivity contribution in [1.29, 1.82) is 0 Å². The molecule has 0 aromatic rings. The Balaban J connectivity index is 2.51. The van der Waals surface area contributed by atoms with E-state index in [0.717, 1.165) is 6.42 Å². The zero-order valence-electron chi connectivity index (χ0n) is 11.6. The van der Waals surface area contributed by atoms with Gasteiger partial charge in [0, 0.05) is 20.1 Å². The number of nitrogens with zero attached hydrogens (tertiary/aromatic N) is 2. The second-order valence-corrected chi connectivity index (χ2v) is 5.58. The molecule has 0 saturated carbocycles. The Kier molecular flexibility index (Phi) is 4.56. The van der Waals surface area contributed by atoms with Crippen molar-refractivity contribution < 1.29 is 14.3 Å². The van der Waals surface area contributed by atoms with Crippen LogP contribution in [0.3, 0.4) is 0 Å². The van der Waals surface area contributed by atoms with E-state index in [0.29, 0.717) is 13.1 Å². The first-order chi connectivity index (χ1) is 8.24. The van der Waals surface area contributed by atoms with E-state index in [1.165, 1.54) is 0 Å². The van der Waals surface area contributed by atoms with Gasteiger partial charge in [0.2, 0.25) is 5.91 Å². The van der Waals surface area contributed by atoms with E-state index in [1.807, 2.05) is 20.8 Å². The molecule has 0 unspecified atom stereocenters. The largest absolute Gasteiger partial charge is 0.444 e. The molecule has 18 heavy (non-hydrogen) atoms. The lowest BCUT2D eigenvalue weighted by Gasteiger charge is -2.26. The second kappa shape index (κ2) is 5.56. The summed E-state index contributed by atoms with van der Waals surface area (Å²) in [5.74, 6) is -0.106. The quantitative estimate of drug-likeness (QED) is 0.777. The van der Waals surface area contributed by atoms with Gasteiger partial charge in [-0.1, -0.05) is 0 Å². The van der Waals surface area contributed by atoms with Crippen molar-refractivity contribution >= 4 is 12.0 Å². The van der Waals surface area contributed by atoms with Crippen molar-refractivity contribution in [2.45, 2.75) is 38.8 Å².